The zero-order valence-corrected chi connectivity index (χ0v) is 46.2. The molecule has 5 heteroatoms. The second kappa shape index (κ2) is 16.3. The van der Waals surface area contributed by atoms with E-state index < -0.39 is 0 Å². The molecule has 0 radical (unpaired) electrons. The summed E-state index contributed by atoms with van der Waals surface area (Å²) in [6, 6.07) is 61.4. The first-order valence-electron chi connectivity index (χ1n) is 26.4. The average Bonchev–Trinajstić information content (AvgIpc) is 3.83. The van der Waals surface area contributed by atoms with Crippen molar-refractivity contribution in [3.63, 3.8) is 0 Å². The molecule has 0 N–H and O–H groups in total. The highest BCUT2D eigenvalue weighted by molar-refractivity contribution is 7.33. The molecule has 0 saturated carbocycles. The molecule has 3 heterocycles. The van der Waals surface area contributed by atoms with E-state index >= 15 is 0 Å². The number of fused-ring (bicyclic) bond motifs is 10. The lowest BCUT2D eigenvalue weighted by atomic mass is 9.34. The van der Waals surface area contributed by atoms with Gasteiger partial charge in [-0.15, -0.1) is 11.3 Å². The Morgan fingerprint density at radius 2 is 0.986 bits per heavy atom. The summed E-state index contributed by atoms with van der Waals surface area (Å²) in [7, 11) is 0. The Morgan fingerprint density at radius 3 is 1.53 bits per heavy atom. The Kier molecular flexibility index (Phi) is 10.6. The predicted molar refractivity (Wildman–Crippen MR) is 318 cm³/mol. The van der Waals surface area contributed by atoms with Crippen molar-refractivity contribution < 1.29 is 0 Å². The van der Waals surface area contributed by atoms with Gasteiger partial charge in [-0.25, -0.2) is 0 Å². The molecule has 1 aliphatic carbocycles. The van der Waals surface area contributed by atoms with Crippen LogP contribution in [0.1, 0.15) is 121 Å². The molecule has 0 amide bonds. The zero-order valence-electron chi connectivity index (χ0n) is 45.3. The minimum Gasteiger partial charge on any atom is -0.311 e. The van der Waals surface area contributed by atoms with E-state index in [4.69, 9.17) is 0 Å². The third-order valence-electron chi connectivity index (χ3n) is 16.2. The van der Waals surface area contributed by atoms with Crippen LogP contribution < -0.4 is 30.4 Å². The van der Waals surface area contributed by atoms with Crippen molar-refractivity contribution in [3.05, 3.63) is 202 Å². The van der Waals surface area contributed by atoms with Gasteiger partial charge in [-0.05, 0) is 166 Å². The van der Waals surface area contributed by atoms with Gasteiger partial charge in [0.2, 0.25) is 0 Å². The van der Waals surface area contributed by atoms with Crippen LogP contribution in [0.4, 0.5) is 51.2 Å². The van der Waals surface area contributed by atoms with Gasteiger partial charge in [0.1, 0.15) is 0 Å². The van der Waals surface area contributed by atoms with Crippen molar-refractivity contribution >= 4 is 95.0 Å². The van der Waals surface area contributed by atoms with E-state index in [1.807, 2.05) is 11.3 Å². The van der Waals surface area contributed by atoms with Crippen LogP contribution in [-0.2, 0) is 21.7 Å². The molecule has 9 aromatic rings. The van der Waals surface area contributed by atoms with E-state index in [2.05, 4.69) is 269 Å². The molecule has 0 bridgehead atoms. The molecular formula is C68H68BN3S. The first-order chi connectivity index (χ1) is 34.6. The van der Waals surface area contributed by atoms with E-state index in [0.717, 1.165) is 17.1 Å². The van der Waals surface area contributed by atoms with Gasteiger partial charge in [-0.2, -0.15) is 0 Å². The van der Waals surface area contributed by atoms with Crippen LogP contribution in [0.5, 0.6) is 0 Å². The summed E-state index contributed by atoms with van der Waals surface area (Å²) in [5, 5.41) is 1.32. The van der Waals surface area contributed by atoms with Crippen molar-refractivity contribution in [2.75, 3.05) is 14.7 Å². The van der Waals surface area contributed by atoms with Gasteiger partial charge in [-0.3, -0.25) is 0 Å². The lowest BCUT2D eigenvalue weighted by molar-refractivity contribution is 0.590. The lowest BCUT2D eigenvalue weighted by Gasteiger charge is -2.45. The number of rotatable bonds is 5. The predicted octanol–water partition coefficient (Wildman–Crippen LogP) is 17.6. The van der Waals surface area contributed by atoms with Crippen molar-refractivity contribution in [2.24, 2.45) is 0 Å². The Balaban J connectivity index is 1.26. The number of thiophene rings is 1. The maximum atomic E-state index is 2.65. The van der Waals surface area contributed by atoms with Crippen LogP contribution in [0.15, 0.2) is 158 Å². The summed E-state index contributed by atoms with van der Waals surface area (Å²) >= 11 is 2.00. The highest BCUT2D eigenvalue weighted by atomic mass is 32.1. The van der Waals surface area contributed by atoms with Crippen molar-refractivity contribution in [1.82, 2.24) is 0 Å². The zero-order chi connectivity index (χ0) is 51.3. The fraction of sp³-hybridized carbons (Fsp3) is 0.265. The van der Waals surface area contributed by atoms with Crippen LogP contribution in [0.25, 0.3) is 21.2 Å². The number of anilines is 9. The minimum absolute atomic E-state index is 0.00573. The molecule has 0 unspecified atom stereocenters. The monoisotopic (exact) mass is 970 g/mol. The molecule has 1 aromatic heterocycles. The molecule has 0 atom stereocenters. The fourth-order valence-corrected chi connectivity index (χ4v) is 13.6. The first kappa shape index (κ1) is 47.2. The van der Waals surface area contributed by atoms with Crippen molar-refractivity contribution in [2.45, 2.75) is 119 Å². The molecule has 0 fully saturated rings. The van der Waals surface area contributed by atoms with E-state index in [0.29, 0.717) is 0 Å². The Morgan fingerprint density at radius 1 is 0.493 bits per heavy atom. The number of benzene rings is 8. The Labute approximate surface area is 439 Å². The van der Waals surface area contributed by atoms with Crippen LogP contribution in [0.2, 0.25) is 0 Å². The molecule has 3 aliphatic rings. The second-order valence-electron chi connectivity index (χ2n) is 24.9. The SMILES string of the molecule is Cc1ccc(N(c2ccc(C)cc2)c2cc3c(c4c2-c2ccccc2C4(C)C)B2c4sc5ccc(C(C)(C)C)cc5c4N(c4ccc(C(C)(C)C)cc4)c4cc(C)cc(c42)N3c2ccc(C(C)(C)C)cc2)cc1. The maximum Gasteiger partial charge on any atom is 0.265 e. The summed E-state index contributed by atoms with van der Waals surface area (Å²) in [5.74, 6) is 0. The van der Waals surface area contributed by atoms with Crippen LogP contribution in [0, 0.1) is 20.8 Å². The first-order valence-corrected chi connectivity index (χ1v) is 27.2. The molecular weight excluding hydrogens is 902 g/mol. The Hall–Kier alpha value is -6.82. The Bertz CT molecular complexity index is 3620. The number of aryl methyl sites for hydroxylation is 3. The van der Waals surface area contributed by atoms with Gasteiger partial charge in [-0.1, -0.05) is 166 Å². The molecule has 3 nitrogen and oxygen atoms in total. The van der Waals surface area contributed by atoms with Crippen LogP contribution in [-0.4, -0.2) is 6.71 Å². The van der Waals surface area contributed by atoms with Gasteiger partial charge in [0.15, 0.2) is 0 Å². The third kappa shape index (κ3) is 7.43. The molecule has 364 valence electrons. The number of nitrogens with zero attached hydrogens (tertiary/aromatic N) is 3. The van der Waals surface area contributed by atoms with Crippen LogP contribution >= 0.6 is 11.3 Å². The third-order valence-corrected chi connectivity index (χ3v) is 17.5. The van der Waals surface area contributed by atoms with E-state index in [1.165, 1.54) is 116 Å². The van der Waals surface area contributed by atoms with Crippen molar-refractivity contribution in [1.29, 1.82) is 0 Å². The topological polar surface area (TPSA) is 9.72 Å². The second-order valence-corrected chi connectivity index (χ2v) is 26.0. The lowest BCUT2D eigenvalue weighted by Crippen LogP contribution is -2.62. The van der Waals surface area contributed by atoms with E-state index in [1.54, 1.807) is 0 Å². The fourth-order valence-electron chi connectivity index (χ4n) is 12.3. The summed E-state index contributed by atoms with van der Waals surface area (Å²) in [4.78, 5) is 7.83. The number of hydrogen-bond donors (Lipinski definition) is 0. The summed E-state index contributed by atoms with van der Waals surface area (Å²) in [5.41, 5.74) is 26.4. The quantitative estimate of drug-likeness (QED) is 0.159. The van der Waals surface area contributed by atoms with E-state index in [-0.39, 0.29) is 28.4 Å². The highest BCUT2D eigenvalue weighted by Crippen LogP contribution is 2.58. The maximum absolute atomic E-state index is 2.65. The van der Waals surface area contributed by atoms with Gasteiger partial charge in [0.05, 0.1) is 11.4 Å². The molecule has 2 aliphatic heterocycles. The average molecular weight is 970 g/mol. The van der Waals surface area contributed by atoms with Gasteiger partial charge >= 0.3 is 0 Å². The van der Waals surface area contributed by atoms with Gasteiger partial charge in [0, 0.05) is 65.7 Å². The molecule has 0 saturated heterocycles. The molecule has 73 heavy (non-hydrogen) atoms. The smallest absolute Gasteiger partial charge is 0.265 e. The van der Waals surface area contributed by atoms with Gasteiger partial charge < -0.3 is 14.7 Å². The molecule has 8 aromatic carbocycles. The summed E-state index contributed by atoms with van der Waals surface area (Å²) in [6.07, 6.45) is 0. The van der Waals surface area contributed by atoms with Crippen molar-refractivity contribution in [3.8, 4) is 11.1 Å². The van der Waals surface area contributed by atoms with Gasteiger partial charge in [0.25, 0.3) is 6.71 Å². The number of hydrogen-bond acceptors (Lipinski definition) is 4. The molecule has 12 rings (SSSR count). The largest absolute Gasteiger partial charge is 0.311 e. The summed E-state index contributed by atoms with van der Waals surface area (Å²) in [6.45, 7) is 32.5. The highest BCUT2D eigenvalue weighted by Gasteiger charge is 2.51. The molecule has 0 spiro atoms. The standard InChI is InChI=1S/C68H68BN3S/c1-41-19-28-47(29-20-41)70(48-30-21-42(2)22-31-48)54-40-57-62(60-59(54)51-17-15-16-18-53(51)68(60,13)14)69-61-55(71(57)49-32-23-44(24-33-49)65(4,5)6)37-43(3)38-56(61)72(50-34-25-45(26-35-50)66(7,8)9)63-52-39-46(67(10,11)12)27-36-58(52)73-64(63)69/h15-40H,1-14H3. The summed E-state index contributed by atoms with van der Waals surface area (Å²) < 4.78 is 2.72. The van der Waals surface area contributed by atoms with Crippen LogP contribution in [0.3, 0.4) is 0 Å². The van der Waals surface area contributed by atoms with E-state index in [9.17, 15) is 0 Å². The minimum atomic E-state index is -0.349. The normalized spacial score (nSPS) is 14.5.